The maximum absolute atomic E-state index is 13.4. The van der Waals surface area contributed by atoms with Crippen molar-refractivity contribution >= 4 is 17.5 Å². The second kappa shape index (κ2) is 6.78. The Hall–Kier alpha value is -3.09. The molecule has 0 aliphatic rings. The Bertz CT molecular complexity index is 762. The third-order valence-corrected chi connectivity index (χ3v) is 3.14. The van der Waals surface area contributed by atoms with Gasteiger partial charge in [0, 0.05) is 5.69 Å². The number of benzene rings is 2. The maximum atomic E-state index is 13.4. The summed E-state index contributed by atoms with van der Waals surface area (Å²) in [5.74, 6) is -1.34. The van der Waals surface area contributed by atoms with Gasteiger partial charge < -0.3 is 20.5 Å². The first kappa shape index (κ1) is 16.3. The summed E-state index contributed by atoms with van der Waals surface area (Å²) in [5, 5.41) is 2.56. The van der Waals surface area contributed by atoms with E-state index < -0.39 is 17.6 Å². The fourth-order valence-electron chi connectivity index (χ4n) is 1.98. The molecule has 23 heavy (non-hydrogen) atoms. The third-order valence-electron chi connectivity index (χ3n) is 3.14. The van der Waals surface area contributed by atoms with E-state index in [0.717, 1.165) is 6.07 Å². The monoisotopic (exact) mass is 318 g/mol. The number of amides is 2. The normalized spacial score (nSPS) is 10.0. The number of carbonyl (C=O) groups is 2. The number of anilines is 1. The minimum atomic E-state index is -0.919. The second-order valence-corrected chi connectivity index (χ2v) is 4.58. The molecule has 2 rings (SSSR count). The van der Waals surface area contributed by atoms with Crippen molar-refractivity contribution < 1.29 is 23.5 Å². The summed E-state index contributed by atoms with van der Waals surface area (Å²) in [6, 6.07) is 8.30. The molecule has 2 aromatic carbocycles. The summed E-state index contributed by atoms with van der Waals surface area (Å²) in [4.78, 5) is 23.5. The molecule has 0 atom stereocenters. The molecule has 0 saturated heterocycles. The quantitative estimate of drug-likeness (QED) is 0.884. The fraction of sp³-hybridized carbons (Fsp3) is 0.125. The summed E-state index contributed by atoms with van der Waals surface area (Å²) in [6.07, 6.45) is 0. The van der Waals surface area contributed by atoms with Gasteiger partial charge in [0.05, 0.1) is 25.3 Å². The van der Waals surface area contributed by atoms with Crippen LogP contribution in [0.5, 0.6) is 11.5 Å². The third kappa shape index (κ3) is 3.57. The molecule has 2 amide bonds. The second-order valence-electron chi connectivity index (χ2n) is 4.58. The molecular formula is C16H15FN2O4. The Morgan fingerprint density at radius 2 is 1.78 bits per heavy atom. The van der Waals surface area contributed by atoms with E-state index >= 15 is 0 Å². The van der Waals surface area contributed by atoms with Crippen LogP contribution in [-0.2, 0) is 0 Å². The van der Waals surface area contributed by atoms with Crippen molar-refractivity contribution in [2.45, 2.75) is 0 Å². The fourth-order valence-corrected chi connectivity index (χ4v) is 1.98. The average Bonchev–Trinajstić information content (AvgIpc) is 2.55. The number of hydrogen-bond acceptors (Lipinski definition) is 4. The van der Waals surface area contributed by atoms with Gasteiger partial charge in [0.2, 0.25) is 0 Å². The number of ether oxygens (including phenoxy) is 2. The molecule has 0 spiro atoms. The number of carbonyl (C=O) groups excluding carboxylic acids is 2. The van der Waals surface area contributed by atoms with Crippen LogP contribution in [0.25, 0.3) is 0 Å². The van der Waals surface area contributed by atoms with Crippen molar-refractivity contribution in [2.75, 3.05) is 19.5 Å². The Labute approximate surface area is 132 Å². The van der Waals surface area contributed by atoms with Crippen LogP contribution in [0, 0.1) is 5.82 Å². The summed E-state index contributed by atoms with van der Waals surface area (Å²) in [5.41, 5.74) is 5.24. The van der Waals surface area contributed by atoms with Crippen molar-refractivity contribution in [3.63, 3.8) is 0 Å². The topological polar surface area (TPSA) is 90.7 Å². The van der Waals surface area contributed by atoms with Gasteiger partial charge >= 0.3 is 0 Å². The zero-order valence-electron chi connectivity index (χ0n) is 12.6. The molecule has 7 heteroatoms. The van der Waals surface area contributed by atoms with Crippen molar-refractivity contribution in [3.8, 4) is 11.5 Å². The summed E-state index contributed by atoms with van der Waals surface area (Å²) < 4.78 is 23.7. The number of nitrogens with one attached hydrogen (secondary N) is 1. The highest BCUT2D eigenvalue weighted by molar-refractivity contribution is 6.07. The molecule has 3 N–H and O–H groups in total. The highest BCUT2D eigenvalue weighted by Crippen LogP contribution is 2.25. The Balaban J connectivity index is 2.32. The molecule has 0 saturated carbocycles. The van der Waals surface area contributed by atoms with Gasteiger partial charge in [0.25, 0.3) is 11.8 Å². The van der Waals surface area contributed by atoms with E-state index in [4.69, 9.17) is 15.2 Å². The predicted octanol–water partition coefficient (Wildman–Crippen LogP) is 2.19. The smallest absolute Gasteiger partial charge is 0.259 e. The minimum absolute atomic E-state index is 0.232. The van der Waals surface area contributed by atoms with E-state index in [2.05, 4.69) is 5.32 Å². The molecular weight excluding hydrogens is 303 g/mol. The lowest BCUT2D eigenvalue weighted by Crippen LogP contribution is -2.16. The van der Waals surface area contributed by atoms with E-state index in [1.807, 2.05) is 0 Å². The summed E-state index contributed by atoms with van der Waals surface area (Å²) >= 11 is 0. The van der Waals surface area contributed by atoms with Crippen molar-refractivity contribution in [1.29, 1.82) is 0 Å². The number of hydrogen-bond donors (Lipinski definition) is 2. The molecule has 120 valence electrons. The molecule has 0 heterocycles. The van der Waals surface area contributed by atoms with Crippen molar-refractivity contribution in [1.82, 2.24) is 0 Å². The Morgan fingerprint density at radius 1 is 1.04 bits per heavy atom. The predicted molar refractivity (Wildman–Crippen MR) is 82.4 cm³/mol. The van der Waals surface area contributed by atoms with Gasteiger partial charge in [-0.2, -0.15) is 0 Å². The highest BCUT2D eigenvalue weighted by Gasteiger charge is 2.15. The van der Waals surface area contributed by atoms with Gasteiger partial charge in [0.1, 0.15) is 17.3 Å². The van der Waals surface area contributed by atoms with Crippen molar-refractivity contribution in [2.24, 2.45) is 5.73 Å². The Morgan fingerprint density at radius 3 is 2.39 bits per heavy atom. The van der Waals surface area contributed by atoms with Gasteiger partial charge in [-0.05, 0) is 36.4 Å². The SMILES string of the molecule is COc1ccc(OC)c(C(=O)Nc2ccc(F)c(C(N)=O)c2)c1. The number of halogens is 1. The zero-order valence-corrected chi connectivity index (χ0v) is 12.6. The van der Waals surface area contributed by atoms with Crippen LogP contribution in [-0.4, -0.2) is 26.0 Å². The van der Waals surface area contributed by atoms with E-state index in [1.165, 1.54) is 32.4 Å². The van der Waals surface area contributed by atoms with Crippen molar-refractivity contribution in [3.05, 3.63) is 53.3 Å². The van der Waals surface area contributed by atoms with E-state index in [1.54, 1.807) is 12.1 Å². The van der Waals surface area contributed by atoms with Gasteiger partial charge in [-0.25, -0.2) is 4.39 Å². The molecule has 0 aromatic heterocycles. The standard InChI is InChI=1S/C16H15FN2O4/c1-22-10-4-6-14(23-2)12(8-10)16(21)19-9-3-5-13(17)11(7-9)15(18)20/h3-8H,1-2H3,(H2,18,20)(H,19,21). The van der Waals surface area contributed by atoms with Crippen LogP contribution >= 0.6 is 0 Å². The summed E-state index contributed by atoms with van der Waals surface area (Å²) in [6.45, 7) is 0. The van der Waals surface area contributed by atoms with Gasteiger partial charge in [0.15, 0.2) is 0 Å². The molecule has 0 aliphatic heterocycles. The van der Waals surface area contributed by atoms with Crippen LogP contribution < -0.4 is 20.5 Å². The molecule has 6 nitrogen and oxygen atoms in total. The van der Waals surface area contributed by atoms with Crippen LogP contribution in [0.15, 0.2) is 36.4 Å². The van der Waals surface area contributed by atoms with Gasteiger partial charge in [-0.3, -0.25) is 9.59 Å². The largest absolute Gasteiger partial charge is 0.497 e. The van der Waals surface area contributed by atoms with Crippen LogP contribution in [0.2, 0.25) is 0 Å². The van der Waals surface area contributed by atoms with Crippen LogP contribution in [0.4, 0.5) is 10.1 Å². The van der Waals surface area contributed by atoms with E-state index in [-0.39, 0.29) is 16.8 Å². The lowest BCUT2D eigenvalue weighted by atomic mass is 10.1. The molecule has 0 unspecified atom stereocenters. The van der Waals surface area contributed by atoms with Gasteiger partial charge in [-0.1, -0.05) is 0 Å². The van der Waals surface area contributed by atoms with E-state index in [0.29, 0.717) is 11.5 Å². The number of methoxy groups -OCH3 is 2. The Kier molecular flexibility index (Phi) is 4.80. The molecule has 2 aromatic rings. The maximum Gasteiger partial charge on any atom is 0.259 e. The number of primary amides is 1. The molecule has 0 fully saturated rings. The highest BCUT2D eigenvalue weighted by atomic mass is 19.1. The first-order valence-electron chi connectivity index (χ1n) is 6.59. The molecule has 0 bridgehead atoms. The first-order chi connectivity index (χ1) is 11.0. The average molecular weight is 318 g/mol. The summed E-state index contributed by atoms with van der Waals surface area (Å²) in [7, 11) is 2.91. The molecule has 0 radical (unpaired) electrons. The zero-order chi connectivity index (χ0) is 17.0. The first-order valence-corrected chi connectivity index (χ1v) is 6.59. The van der Waals surface area contributed by atoms with E-state index in [9.17, 15) is 14.0 Å². The van der Waals surface area contributed by atoms with Crippen LogP contribution in [0.1, 0.15) is 20.7 Å². The number of rotatable bonds is 5. The van der Waals surface area contributed by atoms with Crippen LogP contribution in [0.3, 0.4) is 0 Å². The lowest BCUT2D eigenvalue weighted by molar-refractivity contribution is 0.0992. The van der Waals surface area contributed by atoms with Gasteiger partial charge in [-0.15, -0.1) is 0 Å². The number of nitrogens with two attached hydrogens (primary N) is 1. The minimum Gasteiger partial charge on any atom is -0.497 e. The lowest BCUT2D eigenvalue weighted by Gasteiger charge is -2.11. The molecule has 0 aliphatic carbocycles.